The molecule has 162 valence electrons. The molecule has 0 bridgehead atoms. The predicted molar refractivity (Wildman–Crippen MR) is 97.9 cm³/mol. The molecule has 1 saturated heterocycles. The summed E-state index contributed by atoms with van der Waals surface area (Å²) in [5.74, 6) is -5.19. The first-order valence-electron chi connectivity index (χ1n) is 9.57. The lowest BCUT2D eigenvalue weighted by Gasteiger charge is -2.25. The first-order chi connectivity index (χ1) is 14.1. The van der Waals surface area contributed by atoms with Crippen molar-refractivity contribution in [3.05, 3.63) is 59.2 Å². The maximum absolute atomic E-state index is 13.8. The molecule has 0 aromatic heterocycles. The summed E-state index contributed by atoms with van der Waals surface area (Å²) in [7, 11) is 0. The summed E-state index contributed by atoms with van der Waals surface area (Å²) in [5, 5.41) is 30.5. The van der Waals surface area contributed by atoms with Crippen LogP contribution in [-0.2, 0) is 0 Å². The number of phenols is 1. The van der Waals surface area contributed by atoms with E-state index in [1.807, 2.05) is 0 Å². The van der Waals surface area contributed by atoms with Crippen LogP contribution in [0, 0.1) is 29.2 Å². The Bertz CT molecular complexity index is 936. The van der Waals surface area contributed by atoms with Crippen LogP contribution >= 0.6 is 0 Å². The lowest BCUT2D eigenvalue weighted by atomic mass is 9.95. The predicted octanol–water partition coefficient (Wildman–Crippen LogP) is 2.89. The van der Waals surface area contributed by atoms with Gasteiger partial charge in [0.05, 0.1) is 11.7 Å². The summed E-state index contributed by atoms with van der Waals surface area (Å²) in [6.07, 6.45) is -0.962. The molecular formula is C21H21F4NO4. The molecule has 3 N–H and O–H groups in total. The van der Waals surface area contributed by atoms with Crippen molar-refractivity contribution in [2.45, 2.75) is 30.7 Å². The molecule has 1 saturated carbocycles. The number of hydrogen-bond donors (Lipinski definition) is 3. The molecule has 2 aromatic rings. The van der Waals surface area contributed by atoms with Gasteiger partial charge in [0.15, 0.2) is 29.0 Å². The van der Waals surface area contributed by atoms with E-state index in [0.29, 0.717) is 13.0 Å². The number of aliphatic hydroxyl groups excluding tert-OH is 1. The first kappa shape index (κ1) is 20.9. The Morgan fingerprint density at radius 1 is 1.10 bits per heavy atom. The number of fused-ring (bicyclic) bond motifs is 1. The van der Waals surface area contributed by atoms with Crippen molar-refractivity contribution >= 4 is 0 Å². The summed E-state index contributed by atoms with van der Waals surface area (Å²) in [4.78, 5) is 1.78. The molecule has 30 heavy (non-hydrogen) atoms. The van der Waals surface area contributed by atoms with Gasteiger partial charge in [-0.1, -0.05) is 0 Å². The fourth-order valence-corrected chi connectivity index (χ4v) is 4.49. The second-order valence-electron chi connectivity index (χ2n) is 8.10. The lowest BCUT2D eigenvalue weighted by molar-refractivity contribution is 0.0175. The van der Waals surface area contributed by atoms with E-state index < -0.39 is 46.8 Å². The van der Waals surface area contributed by atoms with E-state index in [0.717, 1.165) is 24.3 Å². The number of rotatable bonds is 5. The minimum Gasteiger partial charge on any atom is -0.503 e. The van der Waals surface area contributed by atoms with Crippen LogP contribution in [-0.4, -0.2) is 51.6 Å². The molecule has 1 heterocycles. The third-order valence-electron chi connectivity index (χ3n) is 5.91. The number of phenolic OH excluding ortho intramolecular Hbond substituents is 1. The highest BCUT2D eigenvalue weighted by atomic mass is 19.1. The molecule has 2 aliphatic rings. The van der Waals surface area contributed by atoms with Gasteiger partial charge in [-0.3, -0.25) is 4.90 Å². The number of hydrogen-bond acceptors (Lipinski definition) is 5. The Kier molecular flexibility index (Phi) is 5.37. The summed E-state index contributed by atoms with van der Waals surface area (Å²) < 4.78 is 59.5. The second-order valence-corrected chi connectivity index (χ2v) is 8.10. The van der Waals surface area contributed by atoms with E-state index in [-0.39, 0.29) is 36.7 Å². The minimum atomic E-state index is -1.21. The number of β-amino-alcohol motifs (C(OH)–C–C–N with tert-alkyl or cyclic N) is 2. The van der Waals surface area contributed by atoms with Crippen LogP contribution in [0.4, 0.5) is 17.6 Å². The van der Waals surface area contributed by atoms with Crippen molar-refractivity contribution in [3.63, 3.8) is 0 Å². The normalized spacial score (nSPS) is 27.3. The third-order valence-corrected chi connectivity index (χ3v) is 5.91. The van der Waals surface area contributed by atoms with Crippen LogP contribution in [0.3, 0.4) is 0 Å². The molecule has 0 unspecified atom stereocenters. The molecule has 0 amide bonds. The zero-order chi connectivity index (χ0) is 21.6. The molecule has 5 nitrogen and oxygen atoms in total. The molecule has 9 heteroatoms. The van der Waals surface area contributed by atoms with Gasteiger partial charge in [0.1, 0.15) is 11.9 Å². The summed E-state index contributed by atoms with van der Waals surface area (Å²) in [5.41, 5.74) is -1.12. The van der Waals surface area contributed by atoms with Crippen LogP contribution < -0.4 is 4.74 Å². The summed E-state index contributed by atoms with van der Waals surface area (Å²) in [6, 6.07) is 4.78. The van der Waals surface area contributed by atoms with Crippen molar-refractivity contribution in [1.29, 1.82) is 0 Å². The van der Waals surface area contributed by atoms with Gasteiger partial charge >= 0.3 is 0 Å². The van der Waals surface area contributed by atoms with Crippen LogP contribution in [0.25, 0.3) is 0 Å². The van der Waals surface area contributed by atoms with E-state index >= 15 is 0 Å². The standard InChI is InChI=1S/C21H21F4NO4/c22-13-1-2-19(15(23)6-13)30-14-5-12-8-26(10-21(12,29)7-14)9-18(27)11-3-16(24)20(28)17(25)4-11/h1-4,6,12,14,18,27-29H,5,7-10H2/t12-,14+,18-,21-/m1/s1. The van der Waals surface area contributed by atoms with Crippen molar-refractivity contribution in [2.24, 2.45) is 5.92 Å². The van der Waals surface area contributed by atoms with Crippen LogP contribution in [0.15, 0.2) is 30.3 Å². The number of benzene rings is 2. The monoisotopic (exact) mass is 427 g/mol. The molecule has 2 aromatic carbocycles. The Morgan fingerprint density at radius 2 is 1.80 bits per heavy atom. The highest BCUT2D eigenvalue weighted by Crippen LogP contribution is 2.43. The maximum atomic E-state index is 13.8. The van der Waals surface area contributed by atoms with Gasteiger partial charge < -0.3 is 20.1 Å². The molecule has 0 radical (unpaired) electrons. The number of halogens is 4. The molecule has 1 aliphatic heterocycles. The second kappa shape index (κ2) is 7.72. The van der Waals surface area contributed by atoms with Crippen molar-refractivity contribution in [1.82, 2.24) is 4.90 Å². The van der Waals surface area contributed by atoms with Gasteiger partial charge in [0.2, 0.25) is 0 Å². The molecule has 0 spiro atoms. The average molecular weight is 427 g/mol. The molecule has 2 fully saturated rings. The average Bonchev–Trinajstić information content (AvgIpc) is 3.11. The zero-order valence-electron chi connectivity index (χ0n) is 15.9. The van der Waals surface area contributed by atoms with Gasteiger partial charge in [0.25, 0.3) is 0 Å². The fourth-order valence-electron chi connectivity index (χ4n) is 4.49. The van der Waals surface area contributed by atoms with Gasteiger partial charge in [-0.25, -0.2) is 17.6 Å². The van der Waals surface area contributed by atoms with Crippen LogP contribution in [0.2, 0.25) is 0 Å². The Balaban J connectivity index is 1.37. The highest BCUT2D eigenvalue weighted by Gasteiger charge is 2.53. The van der Waals surface area contributed by atoms with Crippen LogP contribution in [0.1, 0.15) is 24.5 Å². The minimum absolute atomic E-state index is 0.0140. The number of likely N-dealkylation sites (tertiary alicyclic amines) is 1. The van der Waals surface area contributed by atoms with E-state index in [4.69, 9.17) is 4.74 Å². The lowest BCUT2D eigenvalue weighted by Crippen LogP contribution is -2.36. The third kappa shape index (κ3) is 3.97. The van der Waals surface area contributed by atoms with Gasteiger partial charge in [0, 0.05) is 38.0 Å². The molecule has 4 rings (SSSR count). The highest BCUT2D eigenvalue weighted by molar-refractivity contribution is 5.31. The Labute approximate surface area is 170 Å². The quantitative estimate of drug-likeness (QED) is 0.640. The summed E-state index contributed by atoms with van der Waals surface area (Å²) in [6.45, 7) is 0.673. The number of aliphatic hydroxyl groups is 2. The SMILES string of the molecule is Oc1c(F)cc([C@H](O)CN2C[C@H]3C[C@H](Oc4ccc(F)cc4F)C[C@@]3(O)C2)cc1F. The molecule has 4 atom stereocenters. The topological polar surface area (TPSA) is 73.2 Å². The van der Waals surface area contributed by atoms with Crippen molar-refractivity contribution in [3.8, 4) is 11.5 Å². The van der Waals surface area contributed by atoms with Crippen LogP contribution in [0.5, 0.6) is 11.5 Å². The van der Waals surface area contributed by atoms with E-state index in [9.17, 15) is 32.9 Å². The molecular weight excluding hydrogens is 406 g/mol. The van der Waals surface area contributed by atoms with Crippen molar-refractivity contribution in [2.75, 3.05) is 19.6 Å². The van der Waals surface area contributed by atoms with Crippen molar-refractivity contribution < 1.29 is 37.6 Å². The largest absolute Gasteiger partial charge is 0.503 e. The first-order valence-corrected chi connectivity index (χ1v) is 9.57. The van der Waals surface area contributed by atoms with E-state index in [2.05, 4.69) is 0 Å². The Morgan fingerprint density at radius 3 is 2.43 bits per heavy atom. The van der Waals surface area contributed by atoms with Gasteiger partial charge in [-0.15, -0.1) is 0 Å². The number of ether oxygens (including phenoxy) is 1. The number of aromatic hydroxyl groups is 1. The maximum Gasteiger partial charge on any atom is 0.187 e. The number of nitrogens with zero attached hydrogens (tertiary/aromatic N) is 1. The zero-order valence-corrected chi connectivity index (χ0v) is 15.9. The van der Waals surface area contributed by atoms with E-state index in [1.54, 1.807) is 4.90 Å². The smallest absolute Gasteiger partial charge is 0.187 e. The molecule has 1 aliphatic carbocycles. The van der Waals surface area contributed by atoms with Gasteiger partial charge in [-0.2, -0.15) is 0 Å². The van der Waals surface area contributed by atoms with Gasteiger partial charge in [-0.05, 0) is 36.2 Å². The fraction of sp³-hybridized carbons (Fsp3) is 0.429. The van der Waals surface area contributed by atoms with E-state index in [1.165, 1.54) is 6.07 Å². The Hall–Kier alpha value is -2.36. The summed E-state index contributed by atoms with van der Waals surface area (Å²) >= 11 is 0.